The minimum Gasteiger partial charge on any atom is -0.351 e. The maximum absolute atomic E-state index is 5.77. The molecule has 4 nitrogen and oxygen atoms in total. The summed E-state index contributed by atoms with van der Waals surface area (Å²) in [6.07, 6.45) is -0.345. The van der Waals surface area contributed by atoms with Gasteiger partial charge in [-0.1, -0.05) is 0 Å². The van der Waals surface area contributed by atoms with E-state index in [9.17, 15) is 0 Å². The number of hydrogen-bond acceptors (Lipinski definition) is 4. The van der Waals surface area contributed by atoms with Gasteiger partial charge in [0.25, 0.3) is 0 Å². The van der Waals surface area contributed by atoms with Crippen LogP contribution in [0.4, 0.5) is 0 Å². The van der Waals surface area contributed by atoms with Crippen LogP contribution in [-0.4, -0.2) is 38.0 Å². The maximum atomic E-state index is 5.77. The van der Waals surface area contributed by atoms with Crippen LogP contribution in [0.1, 0.15) is 27.7 Å². The van der Waals surface area contributed by atoms with Crippen LogP contribution >= 0.6 is 0 Å². The Hall–Kier alpha value is -0.160. The Bertz CT molecular complexity index is 186. The number of ether oxygens (including phenoxy) is 4. The Morgan fingerprint density at radius 1 is 0.857 bits per heavy atom. The molecule has 0 aromatic rings. The highest BCUT2D eigenvalue weighted by Crippen LogP contribution is 2.35. The second kappa shape index (κ2) is 3.77. The quantitative estimate of drug-likeness (QED) is 0.683. The van der Waals surface area contributed by atoms with Crippen molar-refractivity contribution in [2.75, 3.05) is 14.2 Å². The zero-order chi connectivity index (χ0) is 11.0. The third-order valence-electron chi connectivity index (χ3n) is 3.11. The van der Waals surface area contributed by atoms with E-state index in [0.717, 1.165) is 0 Å². The van der Waals surface area contributed by atoms with Gasteiger partial charge in [0.2, 0.25) is 0 Å². The molecular formula is C10H20O4. The van der Waals surface area contributed by atoms with Gasteiger partial charge < -0.3 is 18.9 Å². The van der Waals surface area contributed by atoms with Crippen LogP contribution in [-0.2, 0) is 18.9 Å². The highest BCUT2D eigenvalue weighted by atomic mass is 16.8. The Balaban J connectivity index is 2.81. The fraction of sp³-hybridized carbons (Fsp3) is 1.00. The van der Waals surface area contributed by atoms with E-state index in [1.807, 2.05) is 27.7 Å². The van der Waals surface area contributed by atoms with Gasteiger partial charge in [0.05, 0.1) is 0 Å². The monoisotopic (exact) mass is 204 g/mol. The van der Waals surface area contributed by atoms with Crippen LogP contribution in [0.15, 0.2) is 0 Å². The standard InChI is InChI=1S/C10H20O4/c1-7-9(3,11-5)14-8(2)10(4,12-6)13-7/h7-8H,1-6H3. The summed E-state index contributed by atoms with van der Waals surface area (Å²) in [5.74, 6) is -1.39. The van der Waals surface area contributed by atoms with E-state index >= 15 is 0 Å². The molecule has 0 aromatic heterocycles. The second-order valence-electron chi connectivity index (χ2n) is 3.96. The summed E-state index contributed by atoms with van der Waals surface area (Å²) in [6, 6.07) is 0. The molecule has 84 valence electrons. The van der Waals surface area contributed by atoms with Gasteiger partial charge in [-0.3, -0.25) is 0 Å². The zero-order valence-corrected chi connectivity index (χ0v) is 9.79. The van der Waals surface area contributed by atoms with Crippen molar-refractivity contribution >= 4 is 0 Å². The largest absolute Gasteiger partial charge is 0.351 e. The third-order valence-corrected chi connectivity index (χ3v) is 3.11. The second-order valence-corrected chi connectivity index (χ2v) is 3.96. The van der Waals surface area contributed by atoms with Crippen LogP contribution in [0.25, 0.3) is 0 Å². The van der Waals surface area contributed by atoms with Gasteiger partial charge in [-0.2, -0.15) is 0 Å². The van der Waals surface area contributed by atoms with E-state index < -0.39 is 11.6 Å². The van der Waals surface area contributed by atoms with Gasteiger partial charge in [-0.15, -0.1) is 0 Å². The van der Waals surface area contributed by atoms with Crippen LogP contribution < -0.4 is 0 Å². The smallest absolute Gasteiger partial charge is 0.191 e. The summed E-state index contributed by atoms with van der Waals surface area (Å²) in [6.45, 7) is 7.55. The average molecular weight is 204 g/mol. The highest BCUT2D eigenvalue weighted by molar-refractivity contribution is 4.86. The zero-order valence-electron chi connectivity index (χ0n) is 9.79. The molecule has 1 fully saturated rings. The van der Waals surface area contributed by atoms with Crippen LogP contribution in [0.5, 0.6) is 0 Å². The molecule has 1 heterocycles. The molecule has 1 aliphatic rings. The van der Waals surface area contributed by atoms with Crippen molar-refractivity contribution in [3.63, 3.8) is 0 Å². The molecule has 4 atom stereocenters. The summed E-state index contributed by atoms with van der Waals surface area (Å²) in [7, 11) is 3.23. The molecule has 0 saturated carbocycles. The summed E-state index contributed by atoms with van der Waals surface area (Å²) < 4.78 is 22.1. The highest BCUT2D eigenvalue weighted by Gasteiger charge is 2.49. The predicted molar refractivity (Wildman–Crippen MR) is 51.9 cm³/mol. The minimum absolute atomic E-state index is 0.173. The molecular weight excluding hydrogens is 184 g/mol. The molecule has 0 radical (unpaired) electrons. The number of rotatable bonds is 2. The molecule has 0 spiro atoms. The first-order valence-electron chi connectivity index (χ1n) is 4.84. The molecule has 0 N–H and O–H groups in total. The Labute approximate surface area is 85.5 Å². The molecule has 1 saturated heterocycles. The van der Waals surface area contributed by atoms with E-state index in [0.29, 0.717) is 0 Å². The Morgan fingerprint density at radius 2 is 1.14 bits per heavy atom. The van der Waals surface area contributed by atoms with Crippen molar-refractivity contribution in [2.24, 2.45) is 0 Å². The molecule has 0 bridgehead atoms. The fourth-order valence-corrected chi connectivity index (χ4v) is 1.54. The average Bonchev–Trinajstić information content (AvgIpc) is 2.15. The van der Waals surface area contributed by atoms with E-state index in [-0.39, 0.29) is 12.2 Å². The lowest BCUT2D eigenvalue weighted by Crippen LogP contribution is -2.61. The lowest BCUT2D eigenvalue weighted by molar-refractivity contribution is -0.416. The van der Waals surface area contributed by atoms with Gasteiger partial charge in [0, 0.05) is 14.2 Å². The van der Waals surface area contributed by atoms with Gasteiger partial charge in [-0.05, 0) is 27.7 Å². The number of methoxy groups -OCH3 is 2. The minimum atomic E-state index is -0.697. The number of hydrogen-bond donors (Lipinski definition) is 0. The van der Waals surface area contributed by atoms with Crippen LogP contribution in [0.2, 0.25) is 0 Å². The summed E-state index contributed by atoms with van der Waals surface area (Å²) in [5.41, 5.74) is 0. The Morgan fingerprint density at radius 3 is 1.36 bits per heavy atom. The predicted octanol–water partition coefficient (Wildman–Crippen LogP) is 1.54. The van der Waals surface area contributed by atoms with E-state index in [4.69, 9.17) is 18.9 Å². The first kappa shape index (κ1) is 11.9. The van der Waals surface area contributed by atoms with Gasteiger partial charge in [-0.25, -0.2) is 0 Å². The molecule has 4 unspecified atom stereocenters. The van der Waals surface area contributed by atoms with Crippen molar-refractivity contribution in [3.05, 3.63) is 0 Å². The van der Waals surface area contributed by atoms with Crippen molar-refractivity contribution in [1.29, 1.82) is 0 Å². The van der Waals surface area contributed by atoms with Crippen LogP contribution in [0.3, 0.4) is 0 Å². The summed E-state index contributed by atoms with van der Waals surface area (Å²) >= 11 is 0. The topological polar surface area (TPSA) is 36.9 Å². The van der Waals surface area contributed by atoms with Gasteiger partial charge in [0.1, 0.15) is 12.2 Å². The SMILES string of the molecule is COC1(C)OC(C)C(C)(OC)OC1C. The Kier molecular flexibility index (Phi) is 3.21. The first-order chi connectivity index (χ1) is 6.38. The summed E-state index contributed by atoms with van der Waals surface area (Å²) in [4.78, 5) is 0. The van der Waals surface area contributed by atoms with Crippen molar-refractivity contribution < 1.29 is 18.9 Å². The molecule has 0 amide bonds. The maximum Gasteiger partial charge on any atom is 0.191 e. The lowest BCUT2D eigenvalue weighted by atomic mass is 10.1. The van der Waals surface area contributed by atoms with E-state index in [1.165, 1.54) is 0 Å². The molecule has 1 aliphatic heterocycles. The van der Waals surface area contributed by atoms with Crippen molar-refractivity contribution in [1.82, 2.24) is 0 Å². The molecule has 1 rings (SSSR count). The van der Waals surface area contributed by atoms with Gasteiger partial charge >= 0.3 is 0 Å². The van der Waals surface area contributed by atoms with Crippen molar-refractivity contribution in [3.8, 4) is 0 Å². The van der Waals surface area contributed by atoms with E-state index in [1.54, 1.807) is 14.2 Å². The molecule has 4 heteroatoms. The van der Waals surface area contributed by atoms with Gasteiger partial charge in [0.15, 0.2) is 11.6 Å². The van der Waals surface area contributed by atoms with E-state index in [2.05, 4.69) is 0 Å². The molecule has 0 aliphatic carbocycles. The fourth-order valence-electron chi connectivity index (χ4n) is 1.54. The lowest BCUT2D eigenvalue weighted by Gasteiger charge is -2.49. The molecule has 14 heavy (non-hydrogen) atoms. The normalized spacial score (nSPS) is 49.3. The first-order valence-corrected chi connectivity index (χ1v) is 4.84. The molecule has 0 aromatic carbocycles. The summed E-state index contributed by atoms with van der Waals surface area (Å²) in [5, 5.41) is 0. The van der Waals surface area contributed by atoms with Crippen molar-refractivity contribution in [2.45, 2.75) is 51.5 Å². The third kappa shape index (κ3) is 1.80. The van der Waals surface area contributed by atoms with Crippen LogP contribution in [0, 0.1) is 0 Å².